The van der Waals surface area contributed by atoms with Gasteiger partial charge in [-0.25, -0.2) is 13.4 Å². The van der Waals surface area contributed by atoms with Gasteiger partial charge in [0.2, 0.25) is 0 Å². The summed E-state index contributed by atoms with van der Waals surface area (Å²) in [4.78, 5) is 4.11. The van der Waals surface area contributed by atoms with Crippen LogP contribution in [-0.2, 0) is 16.6 Å². The zero-order valence-electron chi connectivity index (χ0n) is 12.1. The lowest BCUT2D eigenvalue weighted by Gasteiger charge is -2.20. The number of aromatic nitrogens is 2. The van der Waals surface area contributed by atoms with Crippen molar-refractivity contribution in [2.75, 3.05) is 0 Å². The number of nitrogens with zero attached hydrogens (tertiary/aromatic N) is 3. The standard InChI is InChI=1S/C14H19N3O2S2/c1-11(2)16-8-14(15-10-16)21(18,19)17(13-3-4-13)7-12-5-6-20-9-12/h5-6,8-11,13H,3-4,7H2,1-2H3. The molecular formula is C14H19N3O2S2. The van der Waals surface area contributed by atoms with Crippen LogP contribution in [0.3, 0.4) is 0 Å². The third kappa shape index (κ3) is 3.04. The lowest BCUT2D eigenvalue weighted by atomic mass is 10.3. The predicted octanol–water partition coefficient (Wildman–Crippen LogP) is 2.88. The third-order valence-corrected chi connectivity index (χ3v) is 6.14. The number of thiophene rings is 1. The summed E-state index contributed by atoms with van der Waals surface area (Å²) >= 11 is 1.59. The number of rotatable bonds is 6. The maximum Gasteiger partial charge on any atom is 0.262 e. The summed E-state index contributed by atoms with van der Waals surface area (Å²) in [7, 11) is -3.52. The molecule has 1 fully saturated rings. The van der Waals surface area contributed by atoms with E-state index in [2.05, 4.69) is 4.98 Å². The Morgan fingerprint density at radius 3 is 2.76 bits per heavy atom. The predicted molar refractivity (Wildman–Crippen MR) is 82.7 cm³/mol. The highest BCUT2D eigenvalue weighted by Gasteiger charge is 2.39. The van der Waals surface area contributed by atoms with E-state index in [4.69, 9.17) is 0 Å². The van der Waals surface area contributed by atoms with Crippen LogP contribution in [-0.4, -0.2) is 28.3 Å². The lowest BCUT2D eigenvalue weighted by Crippen LogP contribution is -2.32. The molecule has 114 valence electrons. The molecule has 1 aliphatic rings. The van der Waals surface area contributed by atoms with Crippen LogP contribution in [0.15, 0.2) is 34.4 Å². The van der Waals surface area contributed by atoms with Gasteiger partial charge in [0, 0.05) is 24.8 Å². The minimum absolute atomic E-state index is 0.124. The monoisotopic (exact) mass is 325 g/mol. The minimum Gasteiger partial charge on any atom is -0.334 e. The molecule has 5 nitrogen and oxygen atoms in total. The first-order chi connectivity index (χ1) is 9.98. The third-order valence-electron chi connectivity index (χ3n) is 3.62. The van der Waals surface area contributed by atoms with E-state index in [9.17, 15) is 8.42 Å². The molecule has 0 amide bonds. The van der Waals surface area contributed by atoms with Gasteiger partial charge >= 0.3 is 0 Å². The molecule has 0 unspecified atom stereocenters. The van der Waals surface area contributed by atoms with Crippen LogP contribution in [0.5, 0.6) is 0 Å². The Morgan fingerprint density at radius 1 is 1.48 bits per heavy atom. The van der Waals surface area contributed by atoms with Crippen molar-refractivity contribution in [3.8, 4) is 0 Å². The smallest absolute Gasteiger partial charge is 0.262 e. The molecular weight excluding hydrogens is 306 g/mol. The number of imidazole rings is 1. The molecule has 0 N–H and O–H groups in total. The van der Waals surface area contributed by atoms with Crippen molar-refractivity contribution in [2.45, 2.75) is 50.3 Å². The topological polar surface area (TPSA) is 55.2 Å². The van der Waals surface area contributed by atoms with Gasteiger partial charge in [-0.1, -0.05) is 0 Å². The van der Waals surface area contributed by atoms with Gasteiger partial charge in [0.05, 0.1) is 6.33 Å². The normalized spacial score (nSPS) is 16.0. The highest BCUT2D eigenvalue weighted by atomic mass is 32.2. The lowest BCUT2D eigenvalue weighted by molar-refractivity contribution is 0.397. The summed E-state index contributed by atoms with van der Waals surface area (Å²) in [5, 5.41) is 4.12. The molecule has 1 saturated carbocycles. The van der Waals surface area contributed by atoms with Crippen molar-refractivity contribution in [2.24, 2.45) is 0 Å². The summed E-state index contributed by atoms with van der Waals surface area (Å²) in [5.74, 6) is 0. The van der Waals surface area contributed by atoms with E-state index in [0.717, 1.165) is 18.4 Å². The molecule has 21 heavy (non-hydrogen) atoms. The second-order valence-corrected chi connectivity index (χ2v) is 8.28. The zero-order chi connectivity index (χ0) is 15.0. The van der Waals surface area contributed by atoms with E-state index >= 15 is 0 Å². The second-order valence-electron chi connectivity index (χ2n) is 5.67. The quantitative estimate of drug-likeness (QED) is 0.820. The van der Waals surface area contributed by atoms with Gasteiger partial charge in [-0.05, 0) is 49.1 Å². The molecule has 0 radical (unpaired) electrons. The van der Waals surface area contributed by atoms with Crippen LogP contribution in [0, 0.1) is 0 Å². The SMILES string of the molecule is CC(C)n1cnc(S(=O)(=O)N(Cc2ccsc2)C2CC2)c1. The van der Waals surface area contributed by atoms with Crippen LogP contribution in [0.4, 0.5) is 0 Å². The summed E-state index contributed by atoms with van der Waals surface area (Å²) < 4.78 is 29.1. The van der Waals surface area contributed by atoms with Gasteiger partial charge < -0.3 is 4.57 Å². The van der Waals surface area contributed by atoms with E-state index in [-0.39, 0.29) is 17.1 Å². The van der Waals surface area contributed by atoms with Gasteiger partial charge in [-0.2, -0.15) is 15.6 Å². The molecule has 7 heteroatoms. The molecule has 2 aromatic heterocycles. The fourth-order valence-corrected chi connectivity index (χ4v) is 4.45. The average Bonchev–Trinajstić information content (AvgIpc) is 2.95. The average molecular weight is 325 g/mol. The molecule has 0 aliphatic heterocycles. The van der Waals surface area contributed by atoms with Crippen LogP contribution >= 0.6 is 11.3 Å². The highest BCUT2D eigenvalue weighted by Crippen LogP contribution is 2.33. The Labute approximate surface area is 129 Å². The number of sulfonamides is 1. The van der Waals surface area contributed by atoms with Gasteiger partial charge in [0.15, 0.2) is 5.03 Å². The summed E-state index contributed by atoms with van der Waals surface area (Å²) in [6.45, 7) is 4.44. The van der Waals surface area contributed by atoms with Gasteiger partial charge in [0.1, 0.15) is 0 Å². The Balaban J connectivity index is 1.89. The summed E-state index contributed by atoms with van der Waals surface area (Å²) in [6, 6.07) is 2.30. The zero-order valence-corrected chi connectivity index (χ0v) is 13.8. The summed E-state index contributed by atoms with van der Waals surface area (Å²) in [5.41, 5.74) is 1.04. The number of hydrogen-bond donors (Lipinski definition) is 0. The van der Waals surface area contributed by atoms with Crippen molar-refractivity contribution in [1.82, 2.24) is 13.9 Å². The van der Waals surface area contributed by atoms with Gasteiger partial charge in [-0.3, -0.25) is 0 Å². The van der Waals surface area contributed by atoms with E-state index in [1.165, 1.54) is 0 Å². The molecule has 0 spiro atoms. The first-order valence-electron chi connectivity index (χ1n) is 7.05. The molecule has 1 aliphatic carbocycles. The molecule has 0 aromatic carbocycles. The molecule has 2 aromatic rings. The molecule has 0 bridgehead atoms. The Hall–Kier alpha value is -1.18. The van der Waals surface area contributed by atoms with Crippen molar-refractivity contribution >= 4 is 21.4 Å². The van der Waals surface area contributed by atoms with E-state index in [1.54, 1.807) is 28.2 Å². The van der Waals surface area contributed by atoms with Gasteiger partial charge in [-0.15, -0.1) is 0 Å². The van der Waals surface area contributed by atoms with Crippen LogP contribution in [0.2, 0.25) is 0 Å². The Kier molecular flexibility index (Phi) is 3.90. The fourth-order valence-electron chi connectivity index (χ4n) is 2.19. The van der Waals surface area contributed by atoms with E-state index in [0.29, 0.717) is 6.54 Å². The highest BCUT2D eigenvalue weighted by molar-refractivity contribution is 7.89. The number of hydrogen-bond acceptors (Lipinski definition) is 4. The maximum atomic E-state index is 12.8. The van der Waals surface area contributed by atoms with Crippen molar-refractivity contribution in [3.05, 3.63) is 34.9 Å². The Bertz CT molecular complexity index is 700. The maximum absolute atomic E-state index is 12.8. The minimum atomic E-state index is -3.52. The first kappa shape index (κ1) is 14.7. The van der Waals surface area contributed by atoms with Crippen molar-refractivity contribution < 1.29 is 8.42 Å². The summed E-state index contributed by atoms with van der Waals surface area (Å²) in [6.07, 6.45) is 5.10. The first-order valence-corrected chi connectivity index (χ1v) is 9.43. The van der Waals surface area contributed by atoms with E-state index < -0.39 is 10.0 Å². The van der Waals surface area contributed by atoms with Crippen molar-refractivity contribution in [1.29, 1.82) is 0 Å². The fraction of sp³-hybridized carbons (Fsp3) is 0.500. The van der Waals surface area contributed by atoms with Crippen LogP contribution in [0.25, 0.3) is 0 Å². The van der Waals surface area contributed by atoms with Crippen LogP contribution in [0.1, 0.15) is 38.3 Å². The van der Waals surface area contributed by atoms with E-state index in [1.807, 2.05) is 35.2 Å². The second kappa shape index (κ2) is 5.55. The van der Waals surface area contributed by atoms with Crippen LogP contribution < -0.4 is 0 Å². The molecule has 3 rings (SSSR count). The van der Waals surface area contributed by atoms with Gasteiger partial charge in [0.25, 0.3) is 10.0 Å². The largest absolute Gasteiger partial charge is 0.334 e. The Morgan fingerprint density at radius 2 is 2.24 bits per heavy atom. The van der Waals surface area contributed by atoms with Crippen molar-refractivity contribution in [3.63, 3.8) is 0 Å². The molecule has 0 saturated heterocycles. The molecule has 0 atom stereocenters. The molecule has 2 heterocycles.